The summed E-state index contributed by atoms with van der Waals surface area (Å²) in [5, 5.41) is 9.61. The fraction of sp³-hybridized carbons (Fsp3) is 1.00. The van der Waals surface area contributed by atoms with Gasteiger partial charge in [-0.1, -0.05) is 0 Å². The van der Waals surface area contributed by atoms with Gasteiger partial charge in [0.1, 0.15) is 0 Å². The predicted octanol–water partition coefficient (Wildman–Crippen LogP) is 7.66. The SMILES string of the molecule is CN(CCO)CCC[Si](O[Si]O[Si](C)(O[Si](C)(C)C)O[Si](C)(C)C)(O[Si](C)(O[Si](C)(C)C)O[Si](C)(C)C)O[Si](C)(O[Si](C)(C)C)O[Si](C)(C)C. The van der Waals surface area contributed by atoms with Crippen LogP contribution in [0.2, 0.25) is 144 Å². The number of aliphatic hydroxyl groups is 1. The van der Waals surface area contributed by atoms with E-state index in [2.05, 4.69) is 123 Å². The van der Waals surface area contributed by atoms with Crippen molar-refractivity contribution in [2.75, 3.05) is 26.7 Å². The lowest BCUT2D eigenvalue weighted by atomic mass is 10.4. The van der Waals surface area contributed by atoms with Crippen molar-refractivity contribution in [2.45, 2.75) is 150 Å². The van der Waals surface area contributed by atoms with Crippen LogP contribution in [0.25, 0.3) is 0 Å². The van der Waals surface area contributed by atoms with Crippen LogP contribution in [0.3, 0.4) is 0 Å². The van der Waals surface area contributed by atoms with Crippen molar-refractivity contribution in [2.24, 2.45) is 0 Å². The minimum atomic E-state index is -3.83. The normalized spacial score (nSPS) is 15.4. The molecule has 0 rings (SSSR count). The van der Waals surface area contributed by atoms with Gasteiger partial charge in [0, 0.05) is 32.2 Å². The van der Waals surface area contributed by atoms with Crippen molar-refractivity contribution in [3.05, 3.63) is 0 Å². The van der Waals surface area contributed by atoms with Gasteiger partial charge in [-0.3, -0.25) is 0 Å². The van der Waals surface area contributed by atoms with E-state index in [-0.39, 0.29) is 6.61 Å². The molecule has 0 bridgehead atoms. The molecule has 0 aliphatic heterocycles. The van der Waals surface area contributed by atoms with Gasteiger partial charge in [-0.2, -0.15) is 0 Å². The van der Waals surface area contributed by atoms with Crippen LogP contribution in [-0.2, 0) is 41.2 Å². The fourth-order valence-electron chi connectivity index (χ4n) is 5.31. The second-order valence-corrected chi connectivity index (χ2v) is 59.9. The maximum atomic E-state index is 9.61. The van der Waals surface area contributed by atoms with E-state index in [1.165, 1.54) is 0 Å². The molecule has 0 saturated carbocycles. The van der Waals surface area contributed by atoms with E-state index >= 15 is 0 Å². The average molecular weight is 901 g/mol. The monoisotopic (exact) mass is 899 g/mol. The zero-order valence-corrected chi connectivity index (χ0v) is 47.0. The molecule has 0 unspecified atom stereocenters. The van der Waals surface area contributed by atoms with Crippen LogP contribution in [0.5, 0.6) is 0 Å². The van der Waals surface area contributed by atoms with E-state index in [1.807, 2.05) is 26.7 Å². The second-order valence-electron chi connectivity index (χ2n) is 19.2. The Bertz CT molecular complexity index is 917. The molecule has 0 fully saturated rings. The number of hydrogen-bond acceptors (Lipinski definition) is 12. The Balaban J connectivity index is 7.48. The molecule has 0 aromatic carbocycles. The van der Waals surface area contributed by atoms with Crippen molar-refractivity contribution in [3.8, 4) is 0 Å². The summed E-state index contributed by atoms with van der Waals surface area (Å²) in [4.78, 5) is 2.09. The summed E-state index contributed by atoms with van der Waals surface area (Å²) in [5.41, 5.74) is 0. The third-order valence-corrected chi connectivity index (χ3v) is 39.0. The zero-order chi connectivity index (χ0) is 39.9. The number of aliphatic hydroxyl groups excluding tert-OH is 1. The minimum absolute atomic E-state index is 0.0767. The molecule has 0 aliphatic rings. The quantitative estimate of drug-likeness (QED) is 0.0861. The van der Waals surface area contributed by atoms with Crippen molar-refractivity contribution >= 4 is 95.1 Å². The molecule has 50 heavy (non-hydrogen) atoms. The molecular weight excluding hydrogens is 823 g/mol. The first kappa shape index (κ1) is 51.9. The Morgan fingerprint density at radius 2 is 0.720 bits per heavy atom. The summed E-state index contributed by atoms with van der Waals surface area (Å²) in [6.45, 7) is 45.9. The highest BCUT2D eigenvalue weighted by Gasteiger charge is 2.59. The molecule has 1 N–H and O–H groups in total. The third-order valence-electron chi connectivity index (χ3n) is 5.56. The summed E-state index contributed by atoms with van der Waals surface area (Å²) < 4.78 is 69.2. The number of rotatable bonds is 26. The summed E-state index contributed by atoms with van der Waals surface area (Å²) in [5.74, 6) is 0. The molecule has 0 atom stereocenters. The molecule has 0 spiro atoms. The highest BCUT2D eigenvalue weighted by atomic mass is 28.6. The lowest BCUT2D eigenvalue weighted by Crippen LogP contribution is -2.68. The van der Waals surface area contributed by atoms with Crippen LogP contribution in [0.15, 0.2) is 0 Å². The van der Waals surface area contributed by atoms with Gasteiger partial charge in [0.05, 0.1) is 6.61 Å². The van der Waals surface area contributed by atoms with Crippen LogP contribution in [-0.4, -0.2) is 132 Å². The van der Waals surface area contributed by atoms with Gasteiger partial charge >= 0.3 is 45.2 Å². The van der Waals surface area contributed by atoms with E-state index in [0.29, 0.717) is 25.6 Å². The Kier molecular flexibility index (Phi) is 20.1. The second kappa shape index (κ2) is 19.4. The Labute approximate surface area is 321 Å². The molecule has 0 heterocycles. The Morgan fingerprint density at radius 3 is 1.00 bits per heavy atom. The van der Waals surface area contributed by atoms with Crippen LogP contribution < -0.4 is 0 Å². The van der Waals surface area contributed by atoms with Gasteiger partial charge in [0.2, 0.25) is 0 Å². The minimum Gasteiger partial charge on any atom is -0.417 e. The van der Waals surface area contributed by atoms with Crippen molar-refractivity contribution in [1.82, 2.24) is 4.90 Å². The number of nitrogens with zero attached hydrogens (tertiary/aromatic N) is 1. The maximum absolute atomic E-state index is 9.61. The lowest BCUT2D eigenvalue weighted by Gasteiger charge is -2.46. The van der Waals surface area contributed by atoms with Crippen molar-refractivity contribution in [3.63, 3.8) is 0 Å². The Hall–Kier alpha value is 1.91. The molecule has 300 valence electrons. The predicted molar refractivity (Wildman–Crippen MR) is 231 cm³/mol. The van der Waals surface area contributed by atoms with E-state index in [0.717, 1.165) is 0 Å². The summed E-state index contributed by atoms with van der Waals surface area (Å²) in [6, 6.07) is 0.445. The van der Waals surface area contributed by atoms with Crippen LogP contribution in [0, 0.1) is 0 Å². The third kappa shape index (κ3) is 25.9. The largest absolute Gasteiger partial charge is 0.477 e. The zero-order valence-electron chi connectivity index (χ0n) is 36.0. The van der Waals surface area contributed by atoms with Crippen LogP contribution >= 0.6 is 0 Å². The van der Waals surface area contributed by atoms with Gasteiger partial charge in [-0.05, 0) is 138 Å². The van der Waals surface area contributed by atoms with Crippen LogP contribution in [0.4, 0.5) is 0 Å². The molecule has 0 amide bonds. The first-order valence-corrected chi connectivity index (χ1v) is 47.7. The van der Waals surface area contributed by atoms with E-state index in [4.69, 9.17) is 41.2 Å². The van der Waals surface area contributed by atoms with E-state index in [9.17, 15) is 5.11 Å². The summed E-state index contributed by atoms with van der Waals surface area (Å²) >= 11 is 0. The number of hydrogen-bond donors (Lipinski definition) is 1. The average Bonchev–Trinajstić information content (AvgIpc) is 2.69. The maximum Gasteiger partial charge on any atom is 0.477 e. The van der Waals surface area contributed by atoms with E-state index in [1.54, 1.807) is 0 Å². The standard InChI is InChI=1S/C27H77NO11Si11/c1-28(25-26-29)24-23-27-50(38-48(21,34-43(8,9)10)35-44(11,12)13,39-49(22,36-45(14,15)16)37-46(17,18)19)31-40-30-47(20,32-41(2,3)4)33-42(5,6)7/h29H,23-27H2,1-22H3. The summed E-state index contributed by atoms with van der Waals surface area (Å²) in [7, 11) is -25.1. The fourth-order valence-corrected chi connectivity index (χ4v) is 46.5. The van der Waals surface area contributed by atoms with Gasteiger partial charge < -0.3 is 51.2 Å². The molecule has 2 radical (unpaired) electrons. The Morgan fingerprint density at radius 1 is 0.420 bits per heavy atom. The smallest absolute Gasteiger partial charge is 0.417 e. The molecule has 0 aromatic rings. The van der Waals surface area contributed by atoms with Gasteiger partial charge in [0.25, 0.3) is 0 Å². The van der Waals surface area contributed by atoms with E-state index < -0.39 is 95.1 Å². The molecule has 0 aromatic heterocycles. The van der Waals surface area contributed by atoms with Gasteiger partial charge in [-0.25, -0.2) is 0 Å². The van der Waals surface area contributed by atoms with Crippen LogP contribution in [0.1, 0.15) is 6.42 Å². The first-order valence-electron chi connectivity index (χ1n) is 17.8. The van der Waals surface area contributed by atoms with Gasteiger partial charge in [0.15, 0.2) is 49.9 Å². The molecular formula is C27H77NO11Si11. The number of likely N-dealkylation sites (N-methyl/N-ethyl adjacent to an activating group) is 1. The molecule has 12 nitrogen and oxygen atoms in total. The molecule has 0 saturated heterocycles. The van der Waals surface area contributed by atoms with Crippen molar-refractivity contribution in [1.29, 1.82) is 0 Å². The van der Waals surface area contributed by atoms with Crippen molar-refractivity contribution < 1.29 is 46.3 Å². The highest BCUT2D eigenvalue weighted by molar-refractivity contribution is 6.93. The topological polar surface area (TPSA) is 116 Å². The van der Waals surface area contributed by atoms with Gasteiger partial charge in [-0.15, -0.1) is 0 Å². The first-order chi connectivity index (χ1) is 21.8. The molecule has 23 heteroatoms. The highest BCUT2D eigenvalue weighted by Crippen LogP contribution is 2.34. The summed E-state index contributed by atoms with van der Waals surface area (Å²) in [6.07, 6.45) is 0.674. The lowest BCUT2D eigenvalue weighted by molar-refractivity contribution is 0.139. The molecule has 0 aliphatic carbocycles.